The molecule has 3 nitrogen and oxygen atoms in total. The monoisotopic (exact) mass is 328 g/mol. The van der Waals surface area contributed by atoms with Gasteiger partial charge in [-0.15, -0.1) is 0 Å². The number of nitrogens with one attached hydrogen (secondary N) is 1. The fraction of sp³-hybridized carbons (Fsp3) is 0.500. The Balaban J connectivity index is 1.98. The predicted octanol–water partition coefficient (Wildman–Crippen LogP) is 2.87. The highest BCUT2D eigenvalue weighted by Crippen LogP contribution is 2.26. The third kappa shape index (κ3) is 3.54. The summed E-state index contributed by atoms with van der Waals surface area (Å²) in [6.45, 7) is 0.170. The first-order chi connectivity index (χ1) is 9.01. The number of hydrogen-bond donors (Lipinski definition) is 2. The summed E-state index contributed by atoms with van der Waals surface area (Å²) in [6, 6.07) is 4.68. The van der Waals surface area contributed by atoms with Gasteiger partial charge in [0, 0.05) is 16.6 Å². The van der Waals surface area contributed by atoms with Crippen molar-refractivity contribution in [2.24, 2.45) is 5.73 Å². The molecule has 0 bridgehead atoms. The number of nitrogens with two attached hydrogens (primary N) is 1. The summed E-state index contributed by atoms with van der Waals surface area (Å²) in [5.41, 5.74) is 5.80. The number of carbonyl (C=O) groups excluding carboxylic acids is 1. The van der Waals surface area contributed by atoms with Crippen LogP contribution in [-0.4, -0.2) is 11.4 Å². The lowest BCUT2D eigenvalue weighted by Gasteiger charge is -2.31. The molecule has 1 fully saturated rings. The molecule has 1 aliphatic rings. The van der Waals surface area contributed by atoms with Crippen LogP contribution in [-0.2, 0) is 11.3 Å². The molecule has 0 heterocycles. The molecule has 0 atom stereocenters. The van der Waals surface area contributed by atoms with Crippen molar-refractivity contribution in [3.63, 3.8) is 0 Å². The maximum Gasteiger partial charge on any atom is 0.240 e. The maximum atomic E-state index is 13.6. The Morgan fingerprint density at radius 1 is 1.37 bits per heavy atom. The van der Waals surface area contributed by atoms with E-state index in [9.17, 15) is 9.18 Å². The average Bonchev–Trinajstić information content (AvgIpc) is 2.40. The summed E-state index contributed by atoms with van der Waals surface area (Å²) in [6.07, 6.45) is 4.51. The molecule has 0 radical (unpaired) electrons. The number of hydrogen-bond acceptors (Lipinski definition) is 2. The third-order valence-electron chi connectivity index (χ3n) is 3.65. The van der Waals surface area contributed by atoms with E-state index in [0.717, 1.165) is 23.7 Å². The molecule has 2 rings (SSSR count). The van der Waals surface area contributed by atoms with Crippen LogP contribution in [0.4, 0.5) is 4.39 Å². The van der Waals surface area contributed by atoms with E-state index in [1.165, 1.54) is 6.07 Å². The Morgan fingerprint density at radius 2 is 2.05 bits per heavy atom. The topological polar surface area (TPSA) is 55.1 Å². The van der Waals surface area contributed by atoms with E-state index < -0.39 is 5.54 Å². The molecule has 1 aromatic rings. The number of rotatable bonds is 3. The van der Waals surface area contributed by atoms with E-state index in [1.54, 1.807) is 12.1 Å². The van der Waals surface area contributed by atoms with E-state index in [1.807, 2.05) is 0 Å². The molecule has 104 valence electrons. The molecule has 0 aliphatic heterocycles. The minimum absolute atomic E-state index is 0.170. The van der Waals surface area contributed by atoms with Crippen LogP contribution in [0, 0.1) is 5.82 Å². The molecule has 3 N–H and O–H groups in total. The van der Waals surface area contributed by atoms with Gasteiger partial charge in [0.15, 0.2) is 0 Å². The molecule has 0 unspecified atom stereocenters. The first-order valence-electron chi connectivity index (χ1n) is 6.52. The smallest absolute Gasteiger partial charge is 0.240 e. The molecule has 19 heavy (non-hydrogen) atoms. The van der Waals surface area contributed by atoms with Gasteiger partial charge in [-0.2, -0.15) is 0 Å². The summed E-state index contributed by atoms with van der Waals surface area (Å²) in [5, 5.41) is 2.75. The van der Waals surface area contributed by atoms with Gasteiger partial charge in [0.05, 0.1) is 5.54 Å². The highest BCUT2D eigenvalue weighted by molar-refractivity contribution is 9.10. The molecular weight excluding hydrogens is 311 g/mol. The molecule has 5 heteroatoms. The van der Waals surface area contributed by atoms with Crippen molar-refractivity contribution in [2.75, 3.05) is 0 Å². The maximum absolute atomic E-state index is 13.6. The molecule has 1 aliphatic carbocycles. The van der Waals surface area contributed by atoms with E-state index in [4.69, 9.17) is 5.73 Å². The fourth-order valence-electron chi connectivity index (χ4n) is 2.44. The molecular formula is C14H18BrFN2O. The minimum atomic E-state index is -0.777. The van der Waals surface area contributed by atoms with Gasteiger partial charge in [0.1, 0.15) is 5.82 Å². The fourth-order valence-corrected chi connectivity index (χ4v) is 2.85. The van der Waals surface area contributed by atoms with E-state index in [2.05, 4.69) is 21.2 Å². The molecule has 1 saturated carbocycles. The van der Waals surface area contributed by atoms with Gasteiger partial charge in [0.25, 0.3) is 0 Å². The van der Waals surface area contributed by atoms with Crippen LogP contribution < -0.4 is 11.1 Å². The summed E-state index contributed by atoms with van der Waals surface area (Å²) >= 11 is 3.29. The minimum Gasteiger partial charge on any atom is -0.350 e. The molecule has 0 saturated heterocycles. The van der Waals surface area contributed by atoms with Gasteiger partial charge >= 0.3 is 0 Å². The second-order valence-corrected chi connectivity index (χ2v) is 6.05. The van der Waals surface area contributed by atoms with E-state index in [0.29, 0.717) is 18.4 Å². The van der Waals surface area contributed by atoms with Gasteiger partial charge in [-0.3, -0.25) is 4.79 Å². The average molecular weight is 329 g/mol. The van der Waals surface area contributed by atoms with Crippen LogP contribution in [0.25, 0.3) is 0 Å². The van der Waals surface area contributed by atoms with Crippen molar-refractivity contribution in [1.29, 1.82) is 0 Å². The van der Waals surface area contributed by atoms with Crippen molar-refractivity contribution < 1.29 is 9.18 Å². The number of benzene rings is 1. The van der Waals surface area contributed by atoms with Crippen LogP contribution in [0.2, 0.25) is 0 Å². The standard InChI is InChI=1S/C14H18BrFN2O/c15-11-4-5-12(16)10(8-11)9-18-13(19)14(17)6-2-1-3-7-14/h4-5,8H,1-3,6-7,9,17H2,(H,18,19). The molecule has 1 amide bonds. The summed E-state index contributed by atoms with van der Waals surface area (Å²) in [4.78, 5) is 12.1. The van der Waals surface area contributed by atoms with Crippen LogP contribution in [0.1, 0.15) is 37.7 Å². The Labute approximate surface area is 120 Å². The van der Waals surface area contributed by atoms with Crippen molar-refractivity contribution in [2.45, 2.75) is 44.2 Å². The summed E-state index contributed by atoms with van der Waals surface area (Å²) < 4.78 is 14.3. The third-order valence-corrected chi connectivity index (χ3v) is 4.14. The summed E-state index contributed by atoms with van der Waals surface area (Å²) in [5.74, 6) is -0.496. The highest BCUT2D eigenvalue weighted by Gasteiger charge is 2.34. The molecule has 0 aromatic heterocycles. The van der Waals surface area contributed by atoms with E-state index >= 15 is 0 Å². The SMILES string of the molecule is NC1(C(=O)NCc2cc(Br)ccc2F)CCCCC1. The van der Waals surface area contributed by atoms with Gasteiger partial charge in [0.2, 0.25) is 5.91 Å². The van der Waals surface area contributed by atoms with Crippen LogP contribution in [0.5, 0.6) is 0 Å². The van der Waals surface area contributed by atoms with Crippen molar-refractivity contribution in [3.8, 4) is 0 Å². The lowest BCUT2D eigenvalue weighted by molar-refractivity contribution is -0.127. The second-order valence-electron chi connectivity index (χ2n) is 5.14. The zero-order valence-electron chi connectivity index (χ0n) is 10.7. The Morgan fingerprint density at radius 3 is 2.74 bits per heavy atom. The zero-order chi connectivity index (χ0) is 13.9. The van der Waals surface area contributed by atoms with Crippen LogP contribution >= 0.6 is 15.9 Å². The first-order valence-corrected chi connectivity index (χ1v) is 7.32. The van der Waals surface area contributed by atoms with Gasteiger partial charge in [-0.05, 0) is 31.0 Å². The molecule has 0 spiro atoms. The lowest BCUT2D eigenvalue weighted by Crippen LogP contribution is -2.54. The first kappa shape index (κ1) is 14.5. The van der Waals surface area contributed by atoms with Crippen molar-refractivity contribution in [3.05, 3.63) is 34.1 Å². The highest BCUT2D eigenvalue weighted by atomic mass is 79.9. The van der Waals surface area contributed by atoms with Gasteiger partial charge in [-0.25, -0.2) is 4.39 Å². The number of carbonyl (C=O) groups is 1. The van der Waals surface area contributed by atoms with Crippen molar-refractivity contribution in [1.82, 2.24) is 5.32 Å². The lowest BCUT2D eigenvalue weighted by atomic mass is 9.82. The van der Waals surface area contributed by atoms with Gasteiger partial charge < -0.3 is 11.1 Å². The zero-order valence-corrected chi connectivity index (χ0v) is 12.3. The Hall–Kier alpha value is -0.940. The Bertz CT molecular complexity index is 473. The largest absolute Gasteiger partial charge is 0.350 e. The number of amides is 1. The molecule has 1 aromatic carbocycles. The van der Waals surface area contributed by atoms with Crippen LogP contribution in [0.15, 0.2) is 22.7 Å². The predicted molar refractivity (Wildman–Crippen MR) is 76.0 cm³/mol. The number of halogens is 2. The van der Waals surface area contributed by atoms with Gasteiger partial charge in [-0.1, -0.05) is 35.2 Å². The van der Waals surface area contributed by atoms with E-state index in [-0.39, 0.29) is 18.3 Å². The quantitative estimate of drug-likeness (QED) is 0.896. The summed E-state index contributed by atoms with van der Waals surface area (Å²) in [7, 11) is 0. The van der Waals surface area contributed by atoms with Crippen molar-refractivity contribution >= 4 is 21.8 Å². The second kappa shape index (κ2) is 6.01. The normalized spacial score (nSPS) is 18.1. The Kier molecular flexibility index (Phi) is 4.58. The van der Waals surface area contributed by atoms with Crippen LogP contribution in [0.3, 0.4) is 0 Å².